The summed E-state index contributed by atoms with van der Waals surface area (Å²) in [6, 6.07) is 1.40. The Hall–Kier alpha value is -2.11. The molecular formula is C12H13N3O3. The standard InChI is InChI=1S/C12H13N3O3/c16-11-7-4-2-1-3-5-8(7)13-10-6-9(12(17)18)14-15(10)11/h6,14H,1-5H2,(H,17,18). The van der Waals surface area contributed by atoms with Crippen LogP contribution >= 0.6 is 0 Å². The highest BCUT2D eigenvalue weighted by Gasteiger charge is 2.17. The van der Waals surface area contributed by atoms with Gasteiger partial charge in [-0.15, -0.1) is 0 Å². The van der Waals surface area contributed by atoms with Gasteiger partial charge in [-0.05, 0) is 25.7 Å². The summed E-state index contributed by atoms with van der Waals surface area (Å²) in [5.41, 5.74) is 1.76. The van der Waals surface area contributed by atoms with Crippen molar-refractivity contribution in [3.05, 3.63) is 33.4 Å². The Labute approximate surface area is 102 Å². The number of aryl methyl sites for hydroxylation is 1. The van der Waals surface area contributed by atoms with Crippen molar-refractivity contribution in [2.24, 2.45) is 0 Å². The van der Waals surface area contributed by atoms with E-state index in [1.54, 1.807) is 0 Å². The molecule has 1 aliphatic rings. The number of nitrogens with zero attached hydrogens (tertiary/aromatic N) is 2. The first-order valence-corrected chi connectivity index (χ1v) is 6.03. The molecule has 0 unspecified atom stereocenters. The molecule has 0 aliphatic heterocycles. The van der Waals surface area contributed by atoms with Crippen molar-refractivity contribution in [1.82, 2.24) is 14.6 Å². The van der Waals surface area contributed by atoms with Crippen LogP contribution in [0.4, 0.5) is 0 Å². The Balaban J connectivity index is 2.28. The molecule has 0 spiro atoms. The van der Waals surface area contributed by atoms with Crippen LogP contribution in [-0.2, 0) is 12.8 Å². The number of carboxylic acids is 1. The number of aromatic amines is 1. The van der Waals surface area contributed by atoms with E-state index < -0.39 is 5.97 Å². The maximum atomic E-state index is 12.3. The number of fused-ring (bicyclic) bond motifs is 2. The average Bonchev–Trinajstić information content (AvgIpc) is 2.62. The largest absolute Gasteiger partial charge is 0.477 e. The highest BCUT2D eigenvalue weighted by Crippen LogP contribution is 2.17. The third kappa shape index (κ3) is 1.61. The lowest BCUT2D eigenvalue weighted by Crippen LogP contribution is -2.22. The minimum Gasteiger partial charge on any atom is -0.477 e. The molecule has 94 valence electrons. The highest BCUT2D eigenvalue weighted by molar-refractivity contribution is 5.86. The summed E-state index contributed by atoms with van der Waals surface area (Å²) in [6.45, 7) is 0. The summed E-state index contributed by atoms with van der Waals surface area (Å²) in [5.74, 6) is -1.09. The van der Waals surface area contributed by atoms with E-state index in [4.69, 9.17) is 5.11 Å². The normalized spacial score (nSPS) is 15.3. The number of hydrogen-bond acceptors (Lipinski definition) is 3. The van der Waals surface area contributed by atoms with Crippen molar-refractivity contribution >= 4 is 11.6 Å². The zero-order valence-corrected chi connectivity index (χ0v) is 9.77. The molecular weight excluding hydrogens is 234 g/mol. The van der Waals surface area contributed by atoms with Crippen LogP contribution in [0.25, 0.3) is 5.65 Å². The van der Waals surface area contributed by atoms with E-state index >= 15 is 0 Å². The Bertz CT molecular complexity index is 684. The molecule has 6 heteroatoms. The number of carbonyl (C=O) groups is 1. The number of nitrogens with one attached hydrogen (secondary N) is 1. The predicted molar refractivity (Wildman–Crippen MR) is 64.0 cm³/mol. The van der Waals surface area contributed by atoms with Crippen molar-refractivity contribution in [3.63, 3.8) is 0 Å². The molecule has 0 fully saturated rings. The second-order valence-corrected chi connectivity index (χ2v) is 4.57. The van der Waals surface area contributed by atoms with E-state index in [2.05, 4.69) is 10.1 Å². The summed E-state index contributed by atoms with van der Waals surface area (Å²) < 4.78 is 1.23. The molecule has 0 bridgehead atoms. The third-order valence-electron chi connectivity index (χ3n) is 3.36. The molecule has 0 saturated heterocycles. The number of aromatic carboxylic acids is 1. The van der Waals surface area contributed by atoms with Crippen LogP contribution in [0.2, 0.25) is 0 Å². The minimum atomic E-state index is -1.09. The van der Waals surface area contributed by atoms with E-state index in [1.807, 2.05) is 0 Å². The topological polar surface area (TPSA) is 87.5 Å². The summed E-state index contributed by atoms with van der Waals surface area (Å²) in [6.07, 6.45) is 4.66. The van der Waals surface area contributed by atoms with E-state index in [1.165, 1.54) is 10.6 Å². The Morgan fingerprint density at radius 2 is 2.11 bits per heavy atom. The zero-order chi connectivity index (χ0) is 12.7. The maximum Gasteiger partial charge on any atom is 0.353 e. The fourth-order valence-electron chi connectivity index (χ4n) is 2.44. The first kappa shape index (κ1) is 11.0. The van der Waals surface area contributed by atoms with Crippen molar-refractivity contribution in [1.29, 1.82) is 0 Å². The van der Waals surface area contributed by atoms with Gasteiger partial charge in [0.25, 0.3) is 5.56 Å². The Morgan fingerprint density at radius 3 is 2.89 bits per heavy atom. The average molecular weight is 247 g/mol. The highest BCUT2D eigenvalue weighted by atomic mass is 16.4. The summed E-state index contributed by atoms with van der Waals surface area (Å²) >= 11 is 0. The maximum absolute atomic E-state index is 12.3. The molecule has 6 nitrogen and oxygen atoms in total. The smallest absolute Gasteiger partial charge is 0.353 e. The molecule has 0 amide bonds. The van der Waals surface area contributed by atoms with Gasteiger partial charge in [-0.2, -0.15) is 0 Å². The number of rotatable bonds is 1. The molecule has 2 N–H and O–H groups in total. The van der Waals surface area contributed by atoms with E-state index in [0.29, 0.717) is 5.65 Å². The van der Waals surface area contributed by atoms with Gasteiger partial charge in [0, 0.05) is 11.6 Å². The predicted octanol–water partition coefficient (Wildman–Crippen LogP) is 0.990. The first-order valence-electron chi connectivity index (χ1n) is 6.03. The van der Waals surface area contributed by atoms with Crippen LogP contribution in [0.5, 0.6) is 0 Å². The number of carboxylic acid groups (broad SMARTS) is 1. The van der Waals surface area contributed by atoms with Gasteiger partial charge in [-0.25, -0.2) is 14.3 Å². The van der Waals surface area contributed by atoms with Crippen LogP contribution in [0.3, 0.4) is 0 Å². The molecule has 0 aromatic carbocycles. The monoisotopic (exact) mass is 247 g/mol. The second-order valence-electron chi connectivity index (χ2n) is 4.57. The van der Waals surface area contributed by atoms with Gasteiger partial charge in [0.1, 0.15) is 5.69 Å². The fourth-order valence-corrected chi connectivity index (χ4v) is 2.44. The van der Waals surface area contributed by atoms with Gasteiger partial charge in [0.05, 0.1) is 5.69 Å². The molecule has 2 aromatic rings. The molecule has 0 atom stereocenters. The van der Waals surface area contributed by atoms with Crippen molar-refractivity contribution in [3.8, 4) is 0 Å². The number of aromatic nitrogens is 3. The molecule has 0 radical (unpaired) electrons. The quantitative estimate of drug-likeness (QED) is 0.735. The van der Waals surface area contributed by atoms with Crippen molar-refractivity contribution in [2.45, 2.75) is 32.1 Å². The van der Waals surface area contributed by atoms with Gasteiger partial charge in [0.15, 0.2) is 5.65 Å². The lowest BCUT2D eigenvalue weighted by Gasteiger charge is -2.03. The minimum absolute atomic E-state index is 0.0141. The molecule has 2 heterocycles. The summed E-state index contributed by atoms with van der Waals surface area (Å²) in [5, 5.41) is 11.5. The van der Waals surface area contributed by atoms with E-state index in [9.17, 15) is 9.59 Å². The van der Waals surface area contributed by atoms with Crippen molar-refractivity contribution < 1.29 is 9.90 Å². The lowest BCUT2D eigenvalue weighted by molar-refractivity contribution is 0.0690. The van der Waals surface area contributed by atoms with Crippen LogP contribution < -0.4 is 5.56 Å². The van der Waals surface area contributed by atoms with Crippen LogP contribution in [0.15, 0.2) is 10.9 Å². The second kappa shape index (κ2) is 3.97. The molecule has 1 aliphatic carbocycles. The Morgan fingerprint density at radius 1 is 1.33 bits per heavy atom. The molecule has 2 aromatic heterocycles. The Kier molecular flexibility index (Phi) is 2.43. The SMILES string of the molecule is O=C(O)c1cc2nc3c(c(=O)n2[nH]1)CCCCC3. The third-order valence-corrected chi connectivity index (χ3v) is 3.36. The van der Waals surface area contributed by atoms with E-state index in [0.717, 1.165) is 43.4 Å². The molecule has 0 saturated carbocycles. The lowest BCUT2D eigenvalue weighted by atomic mass is 10.1. The van der Waals surface area contributed by atoms with E-state index in [-0.39, 0.29) is 11.3 Å². The van der Waals surface area contributed by atoms with Gasteiger partial charge >= 0.3 is 5.97 Å². The molecule has 18 heavy (non-hydrogen) atoms. The van der Waals surface area contributed by atoms with Gasteiger partial charge in [0.2, 0.25) is 0 Å². The van der Waals surface area contributed by atoms with Crippen LogP contribution in [0, 0.1) is 0 Å². The van der Waals surface area contributed by atoms with Crippen molar-refractivity contribution in [2.75, 3.05) is 0 Å². The summed E-state index contributed by atoms with van der Waals surface area (Å²) in [4.78, 5) is 27.6. The fraction of sp³-hybridized carbons (Fsp3) is 0.417. The number of hydrogen-bond donors (Lipinski definition) is 2. The zero-order valence-electron chi connectivity index (χ0n) is 9.77. The molecule has 3 rings (SSSR count). The van der Waals surface area contributed by atoms with Gasteiger partial charge in [-0.1, -0.05) is 6.42 Å². The van der Waals surface area contributed by atoms with Crippen LogP contribution in [-0.4, -0.2) is 25.7 Å². The van der Waals surface area contributed by atoms with Gasteiger partial charge < -0.3 is 5.11 Å². The summed E-state index contributed by atoms with van der Waals surface area (Å²) in [7, 11) is 0. The van der Waals surface area contributed by atoms with Gasteiger partial charge in [-0.3, -0.25) is 9.89 Å². The first-order chi connectivity index (χ1) is 8.66. The van der Waals surface area contributed by atoms with Crippen LogP contribution in [0.1, 0.15) is 41.0 Å². The number of H-pyrrole nitrogens is 1.